The molecule has 0 saturated heterocycles. The molecule has 1 aliphatic rings. The van der Waals surface area contributed by atoms with Crippen LogP contribution in [0.25, 0.3) is 0 Å². The van der Waals surface area contributed by atoms with Crippen molar-refractivity contribution in [1.29, 1.82) is 0 Å². The number of hydrogen-bond donors (Lipinski definition) is 1. The lowest BCUT2D eigenvalue weighted by Crippen LogP contribution is -2.18. The molecule has 0 saturated carbocycles. The summed E-state index contributed by atoms with van der Waals surface area (Å²) in [5.41, 5.74) is 1.96. The Morgan fingerprint density at radius 1 is 1.35 bits per heavy atom. The van der Waals surface area contributed by atoms with Crippen LogP contribution in [-0.4, -0.2) is 17.2 Å². The Bertz CT molecular complexity index is 437. The summed E-state index contributed by atoms with van der Waals surface area (Å²) in [7, 11) is 0. The summed E-state index contributed by atoms with van der Waals surface area (Å²) in [6, 6.07) is 7.73. The Balaban J connectivity index is 2.33. The number of benzene rings is 1. The summed E-state index contributed by atoms with van der Waals surface area (Å²) in [6.45, 7) is 1.86. The molecular weight excluding hydrogens is 216 g/mol. The van der Waals surface area contributed by atoms with Gasteiger partial charge < -0.3 is 9.84 Å². The Kier molecular flexibility index (Phi) is 3.59. The highest BCUT2D eigenvalue weighted by atomic mass is 16.5. The SMILES string of the molecule is C[C@@H]1Cc2ccccc2[C@@H](O)CC=CC(=O)O1. The second kappa shape index (κ2) is 5.15. The van der Waals surface area contributed by atoms with Gasteiger partial charge in [-0.3, -0.25) is 0 Å². The van der Waals surface area contributed by atoms with Gasteiger partial charge in [0, 0.05) is 12.5 Å². The number of carbonyl (C=O) groups excluding carboxylic acids is 1. The van der Waals surface area contributed by atoms with Crippen LogP contribution in [0.4, 0.5) is 0 Å². The van der Waals surface area contributed by atoms with Crippen molar-refractivity contribution in [3.05, 3.63) is 47.5 Å². The molecule has 1 heterocycles. The smallest absolute Gasteiger partial charge is 0.330 e. The highest BCUT2D eigenvalue weighted by molar-refractivity contribution is 5.82. The molecule has 2 atom stereocenters. The van der Waals surface area contributed by atoms with Crippen molar-refractivity contribution < 1.29 is 14.6 Å². The first kappa shape index (κ1) is 11.9. The summed E-state index contributed by atoms with van der Waals surface area (Å²) in [5, 5.41) is 10.1. The van der Waals surface area contributed by atoms with Gasteiger partial charge in [0.2, 0.25) is 0 Å². The highest BCUT2D eigenvalue weighted by Gasteiger charge is 2.16. The molecule has 90 valence electrons. The Hall–Kier alpha value is -1.61. The van der Waals surface area contributed by atoms with E-state index in [9.17, 15) is 9.90 Å². The molecular formula is C14H16O3. The third-order valence-electron chi connectivity index (χ3n) is 2.85. The molecule has 0 aliphatic carbocycles. The van der Waals surface area contributed by atoms with Gasteiger partial charge in [-0.1, -0.05) is 30.3 Å². The number of esters is 1. The molecule has 3 nitrogen and oxygen atoms in total. The quantitative estimate of drug-likeness (QED) is 0.697. The van der Waals surface area contributed by atoms with E-state index in [1.807, 2.05) is 31.2 Å². The van der Waals surface area contributed by atoms with Gasteiger partial charge in [0.15, 0.2) is 0 Å². The third-order valence-corrected chi connectivity index (χ3v) is 2.85. The molecule has 0 unspecified atom stereocenters. The van der Waals surface area contributed by atoms with Crippen LogP contribution in [0.2, 0.25) is 0 Å². The number of aliphatic hydroxyl groups is 1. The van der Waals surface area contributed by atoms with E-state index in [2.05, 4.69) is 0 Å². The van der Waals surface area contributed by atoms with E-state index in [-0.39, 0.29) is 12.1 Å². The molecule has 1 N–H and O–H groups in total. The lowest BCUT2D eigenvalue weighted by atomic mass is 9.96. The number of ether oxygens (including phenoxy) is 1. The molecule has 1 aromatic carbocycles. The van der Waals surface area contributed by atoms with Crippen LogP contribution in [0.1, 0.15) is 30.6 Å². The molecule has 0 spiro atoms. The van der Waals surface area contributed by atoms with Crippen molar-refractivity contribution in [1.82, 2.24) is 0 Å². The lowest BCUT2D eigenvalue weighted by Gasteiger charge is -2.19. The van der Waals surface area contributed by atoms with E-state index in [0.29, 0.717) is 12.8 Å². The largest absolute Gasteiger partial charge is 0.459 e. The van der Waals surface area contributed by atoms with E-state index in [4.69, 9.17) is 4.74 Å². The number of fused-ring (bicyclic) bond motifs is 1. The third kappa shape index (κ3) is 2.94. The zero-order valence-corrected chi connectivity index (χ0v) is 9.80. The zero-order chi connectivity index (χ0) is 12.3. The molecule has 1 aromatic rings. The molecule has 0 radical (unpaired) electrons. The monoisotopic (exact) mass is 232 g/mol. The minimum absolute atomic E-state index is 0.182. The maximum absolute atomic E-state index is 11.3. The standard InChI is InChI=1S/C14H16O3/c1-10-9-11-5-2-3-6-12(11)13(15)7-4-8-14(16)17-10/h2-6,8,10,13,15H,7,9H2,1H3/t10-,13+/m1/s1. The fourth-order valence-electron chi connectivity index (χ4n) is 2.05. The number of hydrogen-bond acceptors (Lipinski definition) is 3. The van der Waals surface area contributed by atoms with E-state index in [1.165, 1.54) is 6.08 Å². The number of rotatable bonds is 0. The highest BCUT2D eigenvalue weighted by Crippen LogP contribution is 2.23. The Morgan fingerprint density at radius 3 is 2.94 bits per heavy atom. The predicted molar refractivity (Wildman–Crippen MR) is 64.4 cm³/mol. The fraction of sp³-hybridized carbons (Fsp3) is 0.357. The second-order valence-corrected chi connectivity index (χ2v) is 4.30. The van der Waals surface area contributed by atoms with Crippen molar-refractivity contribution in [2.75, 3.05) is 0 Å². The number of aliphatic hydroxyl groups excluding tert-OH is 1. The lowest BCUT2D eigenvalue weighted by molar-refractivity contribution is -0.142. The van der Waals surface area contributed by atoms with Crippen LogP contribution in [0.3, 0.4) is 0 Å². The fourth-order valence-corrected chi connectivity index (χ4v) is 2.05. The van der Waals surface area contributed by atoms with Gasteiger partial charge in [0.25, 0.3) is 0 Å². The normalized spacial score (nSPS) is 24.9. The van der Waals surface area contributed by atoms with Crippen LogP contribution >= 0.6 is 0 Å². The first-order chi connectivity index (χ1) is 8.16. The van der Waals surface area contributed by atoms with E-state index in [1.54, 1.807) is 6.08 Å². The van der Waals surface area contributed by atoms with Crippen LogP contribution in [0.15, 0.2) is 36.4 Å². The van der Waals surface area contributed by atoms with Crippen LogP contribution < -0.4 is 0 Å². The van der Waals surface area contributed by atoms with Crippen molar-refractivity contribution in [3.63, 3.8) is 0 Å². The van der Waals surface area contributed by atoms with Crippen LogP contribution in [0, 0.1) is 0 Å². The number of carbonyl (C=O) groups is 1. The number of cyclic esters (lactones) is 1. The average Bonchev–Trinajstić information content (AvgIpc) is 2.28. The predicted octanol–water partition coefficient (Wildman–Crippen LogP) is 2.15. The van der Waals surface area contributed by atoms with E-state index in [0.717, 1.165) is 11.1 Å². The average molecular weight is 232 g/mol. The van der Waals surface area contributed by atoms with Crippen LogP contribution in [0.5, 0.6) is 0 Å². The van der Waals surface area contributed by atoms with Crippen LogP contribution in [-0.2, 0) is 16.0 Å². The first-order valence-electron chi connectivity index (χ1n) is 5.80. The van der Waals surface area contributed by atoms with Gasteiger partial charge in [0.1, 0.15) is 6.10 Å². The molecule has 0 fully saturated rings. The van der Waals surface area contributed by atoms with Crippen molar-refractivity contribution in [2.45, 2.75) is 32.0 Å². The van der Waals surface area contributed by atoms with Gasteiger partial charge in [-0.2, -0.15) is 0 Å². The van der Waals surface area contributed by atoms with E-state index < -0.39 is 6.10 Å². The summed E-state index contributed by atoms with van der Waals surface area (Å²) >= 11 is 0. The maximum atomic E-state index is 11.3. The maximum Gasteiger partial charge on any atom is 0.330 e. The summed E-state index contributed by atoms with van der Waals surface area (Å²) in [5.74, 6) is -0.343. The first-order valence-corrected chi connectivity index (χ1v) is 5.80. The van der Waals surface area contributed by atoms with E-state index >= 15 is 0 Å². The summed E-state index contributed by atoms with van der Waals surface area (Å²) in [6.07, 6.45) is 3.36. The minimum Gasteiger partial charge on any atom is -0.459 e. The van der Waals surface area contributed by atoms with Gasteiger partial charge in [-0.25, -0.2) is 4.79 Å². The second-order valence-electron chi connectivity index (χ2n) is 4.30. The molecule has 0 bridgehead atoms. The molecule has 0 aromatic heterocycles. The van der Waals surface area contributed by atoms with Crippen molar-refractivity contribution >= 4 is 5.97 Å². The zero-order valence-electron chi connectivity index (χ0n) is 9.80. The molecule has 0 amide bonds. The van der Waals surface area contributed by atoms with Gasteiger partial charge in [-0.15, -0.1) is 0 Å². The van der Waals surface area contributed by atoms with Gasteiger partial charge in [-0.05, 0) is 24.5 Å². The molecule has 1 aliphatic heterocycles. The van der Waals surface area contributed by atoms with Crippen molar-refractivity contribution in [2.24, 2.45) is 0 Å². The Labute approximate surface area is 101 Å². The van der Waals surface area contributed by atoms with Crippen molar-refractivity contribution in [3.8, 4) is 0 Å². The van der Waals surface area contributed by atoms with Gasteiger partial charge in [0.05, 0.1) is 6.10 Å². The summed E-state index contributed by atoms with van der Waals surface area (Å²) in [4.78, 5) is 11.3. The topological polar surface area (TPSA) is 46.5 Å². The summed E-state index contributed by atoms with van der Waals surface area (Å²) < 4.78 is 5.21. The Morgan fingerprint density at radius 2 is 2.12 bits per heavy atom. The van der Waals surface area contributed by atoms with Gasteiger partial charge >= 0.3 is 5.97 Å². The molecule has 2 rings (SSSR count). The molecule has 17 heavy (non-hydrogen) atoms. The molecule has 3 heteroatoms. The minimum atomic E-state index is -0.555.